The Kier molecular flexibility index (Phi) is 8.80. The molecule has 1 fully saturated rings. The van der Waals surface area contributed by atoms with Gasteiger partial charge in [0.25, 0.3) is 11.7 Å². The van der Waals surface area contributed by atoms with E-state index in [2.05, 4.69) is 42.6 Å². The summed E-state index contributed by atoms with van der Waals surface area (Å²) in [6, 6.07) is 8.23. The third-order valence-electron chi connectivity index (χ3n) is 6.34. The van der Waals surface area contributed by atoms with Crippen molar-refractivity contribution in [2.45, 2.75) is 45.8 Å². The highest BCUT2D eigenvalue weighted by atomic mass is 19.4. The number of aryl methyl sites for hydroxylation is 1. The number of nitrogens with zero attached hydrogens (tertiary/aromatic N) is 6. The first-order valence-corrected chi connectivity index (χ1v) is 12.9. The van der Waals surface area contributed by atoms with Crippen LogP contribution in [0, 0.1) is 6.92 Å². The molecule has 1 aliphatic heterocycles. The van der Waals surface area contributed by atoms with E-state index in [9.17, 15) is 18.0 Å². The van der Waals surface area contributed by atoms with E-state index in [-0.39, 0.29) is 17.1 Å². The zero-order valence-electron chi connectivity index (χ0n) is 23.4. The molecule has 12 nitrogen and oxygen atoms in total. The number of fused-ring (bicyclic) bond motifs is 1. The minimum atomic E-state index is -5.08. The summed E-state index contributed by atoms with van der Waals surface area (Å²) in [6.07, 6.45) is -1.47. The molecule has 42 heavy (non-hydrogen) atoms. The number of ether oxygens (including phenoxy) is 1. The summed E-state index contributed by atoms with van der Waals surface area (Å²) < 4.78 is 44.3. The van der Waals surface area contributed by atoms with Crippen molar-refractivity contribution in [2.24, 2.45) is 0 Å². The van der Waals surface area contributed by atoms with Crippen LogP contribution >= 0.6 is 0 Å². The van der Waals surface area contributed by atoms with Crippen LogP contribution in [0.3, 0.4) is 0 Å². The molecule has 0 radical (unpaired) electrons. The van der Waals surface area contributed by atoms with Gasteiger partial charge >= 0.3 is 12.1 Å². The molecule has 224 valence electrons. The summed E-state index contributed by atoms with van der Waals surface area (Å²) in [5.74, 6) is -2.65. The molecule has 0 unspecified atom stereocenters. The molecule has 1 aromatic carbocycles. The molecule has 0 spiro atoms. The van der Waals surface area contributed by atoms with Crippen LogP contribution in [0.4, 0.5) is 18.9 Å². The summed E-state index contributed by atoms with van der Waals surface area (Å²) in [5.41, 5.74) is 5.64. The predicted molar refractivity (Wildman–Crippen MR) is 144 cm³/mol. The second-order valence-corrected chi connectivity index (χ2v) is 10.5. The van der Waals surface area contributed by atoms with Gasteiger partial charge in [0.15, 0.2) is 0 Å². The fourth-order valence-electron chi connectivity index (χ4n) is 4.05. The molecule has 0 saturated carbocycles. The fraction of sp³-hybridized carbons (Fsp3) is 0.407. The molecule has 3 aromatic heterocycles. The first kappa shape index (κ1) is 30.4. The second kappa shape index (κ2) is 12.1. The Morgan fingerprint density at radius 1 is 1.12 bits per heavy atom. The van der Waals surface area contributed by atoms with Crippen LogP contribution in [0.1, 0.15) is 48.4 Å². The standard InChI is InChI=1S/C25H29N7O3.C2HF3O2/c1-16-11-17(5-6-18(16)13-26-23(33)22-29-24(35-30-22)25(2,3)4)21-20-12-19(14-32(20)28-15-27-21)31-7-9-34-10-8-31;3-2(4,5)1(6)7/h5-6,11-12,14-15H,7-10,13H2,1-4H3,(H,26,33);(H,6,7). The van der Waals surface area contributed by atoms with E-state index in [4.69, 9.17) is 19.2 Å². The number of carbonyl (C=O) groups is 2. The Balaban J connectivity index is 0.000000517. The smallest absolute Gasteiger partial charge is 0.475 e. The van der Waals surface area contributed by atoms with Crippen LogP contribution < -0.4 is 10.2 Å². The van der Waals surface area contributed by atoms with Gasteiger partial charge in [-0.1, -0.05) is 38.1 Å². The van der Waals surface area contributed by atoms with Gasteiger partial charge in [0.05, 0.1) is 36.3 Å². The van der Waals surface area contributed by atoms with Crippen molar-refractivity contribution < 1.29 is 37.1 Å². The number of morpholine rings is 1. The summed E-state index contributed by atoms with van der Waals surface area (Å²) in [5, 5.41) is 18.2. The van der Waals surface area contributed by atoms with Crippen molar-refractivity contribution in [3.05, 3.63) is 59.6 Å². The minimum absolute atomic E-state index is 0.0388. The number of carboxylic acids is 1. The van der Waals surface area contributed by atoms with Crippen LogP contribution in [0.2, 0.25) is 0 Å². The lowest BCUT2D eigenvalue weighted by atomic mass is 9.97. The lowest BCUT2D eigenvalue weighted by Gasteiger charge is -2.27. The Morgan fingerprint density at radius 3 is 2.40 bits per heavy atom. The summed E-state index contributed by atoms with van der Waals surface area (Å²) in [6.45, 7) is 11.4. The van der Waals surface area contributed by atoms with E-state index in [0.29, 0.717) is 12.4 Å². The van der Waals surface area contributed by atoms with Crippen molar-refractivity contribution >= 4 is 23.1 Å². The first-order chi connectivity index (χ1) is 19.7. The van der Waals surface area contributed by atoms with Crippen molar-refractivity contribution in [1.82, 2.24) is 30.1 Å². The maximum absolute atomic E-state index is 12.5. The number of hydrogen-bond acceptors (Lipinski definition) is 9. The van der Waals surface area contributed by atoms with Gasteiger partial charge in [-0.3, -0.25) is 4.79 Å². The Morgan fingerprint density at radius 2 is 1.81 bits per heavy atom. The number of alkyl halides is 3. The summed E-state index contributed by atoms with van der Waals surface area (Å²) in [4.78, 5) is 32.5. The SMILES string of the molecule is Cc1cc(-c2ncnn3cc(N4CCOCC4)cc23)ccc1CNC(=O)c1noc(C(C)(C)C)n1.O=C(O)C(F)(F)F. The number of carbonyl (C=O) groups excluding carboxylic acids is 1. The van der Waals surface area contributed by atoms with Gasteiger partial charge in [-0.15, -0.1) is 0 Å². The number of aliphatic carboxylic acids is 1. The molecule has 2 N–H and O–H groups in total. The molecular weight excluding hydrogens is 559 g/mol. The number of amides is 1. The topological polar surface area (TPSA) is 148 Å². The van der Waals surface area contributed by atoms with Crippen LogP contribution in [0.5, 0.6) is 0 Å². The minimum Gasteiger partial charge on any atom is -0.475 e. The van der Waals surface area contributed by atoms with Gasteiger partial charge < -0.3 is 24.6 Å². The lowest BCUT2D eigenvalue weighted by molar-refractivity contribution is -0.192. The average molecular weight is 590 g/mol. The molecule has 1 amide bonds. The largest absolute Gasteiger partial charge is 0.490 e. The maximum Gasteiger partial charge on any atom is 0.490 e. The summed E-state index contributed by atoms with van der Waals surface area (Å²) >= 11 is 0. The van der Waals surface area contributed by atoms with E-state index in [1.807, 2.05) is 50.5 Å². The molecular formula is C27H30F3N7O5. The molecule has 1 saturated heterocycles. The number of hydrogen-bond donors (Lipinski definition) is 2. The third kappa shape index (κ3) is 7.21. The van der Waals surface area contributed by atoms with Gasteiger partial charge in [0, 0.05) is 30.6 Å². The van der Waals surface area contributed by atoms with E-state index in [0.717, 1.165) is 59.9 Å². The number of anilines is 1. The molecule has 1 aliphatic rings. The van der Waals surface area contributed by atoms with Crippen molar-refractivity contribution in [3.8, 4) is 11.3 Å². The number of nitrogens with one attached hydrogen (secondary N) is 1. The monoisotopic (exact) mass is 589 g/mol. The second-order valence-electron chi connectivity index (χ2n) is 10.5. The predicted octanol–water partition coefficient (Wildman–Crippen LogP) is 3.79. The van der Waals surface area contributed by atoms with Crippen LogP contribution in [0.25, 0.3) is 16.8 Å². The summed E-state index contributed by atoms with van der Waals surface area (Å²) in [7, 11) is 0. The first-order valence-electron chi connectivity index (χ1n) is 12.9. The highest BCUT2D eigenvalue weighted by molar-refractivity contribution is 5.90. The normalized spacial score (nSPS) is 13.9. The quantitative estimate of drug-likeness (QED) is 0.352. The highest BCUT2D eigenvalue weighted by Crippen LogP contribution is 2.28. The Hall–Kier alpha value is -4.53. The van der Waals surface area contributed by atoms with Gasteiger partial charge in [0.2, 0.25) is 5.89 Å². The maximum atomic E-state index is 12.5. The van der Waals surface area contributed by atoms with Crippen molar-refractivity contribution in [3.63, 3.8) is 0 Å². The molecule has 5 rings (SSSR count). The number of benzene rings is 1. The fourth-order valence-corrected chi connectivity index (χ4v) is 4.05. The van der Waals surface area contributed by atoms with Crippen LogP contribution in [-0.4, -0.2) is 74.2 Å². The van der Waals surface area contributed by atoms with Gasteiger partial charge in [-0.25, -0.2) is 14.3 Å². The van der Waals surface area contributed by atoms with E-state index in [1.165, 1.54) is 0 Å². The zero-order valence-corrected chi connectivity index (χ0v) is 23.4. The van der Waals surface area contributed by atoms with Crippen molar-refractivity contribution in [1.29, 1.82) is 0 Å². The van der Waals surface area contributed by atoms with Crippen molar-refractivity contribution in [2.75, 3.05) is 31.2 Å². The van der Waals surface area contributed by atoms with Crippen LogP contribution in [-0.2, 0) is 21.5 Å². The average Bonchev–Trinajstić information content (AvgIpc) is 3.61. The zero-order chi connectivity index (χ0) is 30.7. The van der Waals surface area contributed by atoms with E-state index < -0.39 is 12.1 Å². The van der Waals surface area contributed by atoms with E-state index >= 15 is 0 Å². The number of halogens is 3. The third-order valence-corrected chi connectivity index (χ3v) is 6.34. The highest BCUT2D eigenvalue weighted by Gasteiger charge is 2.38. The molecule has 4 aromatic rings. The number of carboxylic acid groups (broad SMARTS) is 1. The Labute approximate surface area is 238 Å². The molecule has 4 heterocycles. The van der Waals surface area contributed by atoms with Gasteiger partial charge in [-0.2, -0.15) is 23.3 Å². The molecule has 15 heteroatoms. The number of rotatable bonds is 5. The van der Waals surface area contributed by atoms with Crippen LogP contribution in [0.15, 0.2) is 41.3 Å². The molecule has 0 atom stereocenters. The molecule has 0 aliphatic carbocycles. The van der Waals surface area contributed by atoms with Gasteiger partial charge in [-0.05, 0) is 30.2 Å². The Bertz CT molecular complexity index is 1570. The molecule has 0 bridgehead atoms. The lowest BCUT2D eigenvalue weighted by Crippen LogP contribution is -2.35. The number of aromatic nitrogens is 5. The van der Waals surface area contributed by atoms with Gasteiger partial charge in [0.1, 0.15) is 6.33 Å². The van der Waals surface area contributed by atoms with E-state index in [1.54, 1.807) is 6.33 Å².